The Morgan fingerprint density at radius 2 is 1.86 bits per heavy atom. The van der Waals surface area contributed by atoms with Gasteiger partial charge in [-0.2, -0.15) is 0 Å². The SMILES string of the molecule is CC(=O)OCCCC[C@H](C)NC(=O)OCc1ccccc1. The first-order valence-electron chi connectivity index (χ1n) is 7.18. The molecular weight excluding hydrogens is 270 g/mol. The summed E-state index contributed by atoms with van der Waals surface area (Å²) >= 11 is 0. The van der Waals surface area contributed by atoms with Crippen LogP contribution >= 0.6 is 0 Å². The van der Waals surface area contributed by atoms with Crippen molar-refractivity contribution >= 4 is 12.1 Å². The summed E-state index contributed by atoms with van der Waals surface area (Å²) in [6.45, 7) is 4.02. The number of amides is 1. The largest absolute Gasteiger partial charge is 0.466 e. The number of rotatable bonds is 8. The molecule has 1 atom stereocenters. The highest BCUT2D eigenvalue weighted by molar-refractivity contribution is 5.67. The molecule has 0 aliphatic carbocycles. The molecule has 21 heavy (non-hydrogen) atoms. The highest BCUT2D eigenvalue weighted by Crippen LogP contribution is 2.03. The van der Waals surface area contributed by atoms with Gasteiger partial charge in [-0.15, -0.1) is 0 Å². The van der Waals surface area contributed by atoms with E-state index in [-0.39, 0.29) is 18.6 Å². The van der Waals surface area contributed by atoms with Crippen LogP contribution in [0.25, 0.3) is 0 Å². The van der Waals surface area contributed by atoms with Gasteiger partial charge >= 0.3 is 12.1 Å². The lowest BCUT2D eigenvalue weighted by Crippen LogP contribution is -2.32. The maximum absolute atomic E-state index is 11.6. The average molecular weight is 293 g/mol. The van der Waals surface area contributed by atoms with Gasteiger partial charge in [0, 0.05) is 13.0 Å². The van der Waals surface area contributed by atoms with E-state index in [0.717, 1.165) is 24.8 Å². The van der Waals surface area contributed by atoms with Crippen molar-refractivity contribution in [1.82, 2.24) is 5.32 Å². The Hall–Kier alpha value is -2.04. The summed E-state index contributed by atoms with van der Waals surface area (Å²) in [4.78, 5) is 22.2. The molecule has 0 aliphatic heterocycles. The van der Waals surface area contributed by atoms with Crippen LogP contribution in [0.15, 0.2) is 30.3 Å². The molecule has 0 bridgehead atoms. The van der Waals surface area contributed by atoms with Gasteiger partial charge in [0.2, 0.25) is 0 Å². The van der Waals surface area contributed by atoms with Crippen LogP contribution in [0.5, 0.6) is 0 Å². The number of nitrogens with one attached hydrogen (secondary N) is 1. The zero-order valence-corrected chi connectivity index (χ0v) is 12.6. The molecule has 0 saturated carbocycles. The molecule has 1 aromatic rings. The summed E-state index contributed by atoms with van der Waals surface area (Å²) < 4.78 is 9.98. The van der Waals surface area contributed by atoms with Crippen LogP contribution < -0.4 is 5.32 Å². The predicted molar refractivity (Wildman–Crippen MR) is 79.7 cm³/mol. The number of hydrogen-bond donors (Lipinski definition) is 1. The predicted octanol–water partition coefficient (Wildman–Crippen LogP) is 3.03. The normalized spacial score (nSPS) is 11.5. The lowest BCUT2D eigenvalue weighted by Gasteiger charge is -2.14. The number of unbranched alkanes of at least 4 members (excludes halogenated alkanes) is 1. The summed E-state index contributed by atoms with van der Waals surface area (Å²) in [5.41, 5.74) is 0.960. The minimum atomic E-state index is -0.411. The van der Waals surface area contributed by atoms with Crippen LogP contribution in [0, 0.1) is 0 Å². The van der Waals surface area contributed by atoms with E-state index < -0.39 is 6.09 Å². The Balaban J connectivity index is 2.09. The van der Waals surface area contributed by atoms with Crippen molar-refractivity contribution in [3.63, 3.8) is 0 Å². The number of hydrogen-bond acceptors (Lipinski definition) is 4. The Morgan fingerprint density at radius 1 is 1.14 bits per heavy atom. The highest BCUT2D eigenvalue weighted by atomic mass is 16.5. The molecule has 1 N–H and O–H groups in total. The molecule has 116 valence electrons. The molecule has 0 aliphatic rings. The van der Waals surface area contributed by atoms with Crippen molar-refractivity contribution in [2.24, 2.45) is 0 Å². The van der Waals surface area contributed by atoms with E-state index >= 15 is 0 Å². The monoisotopic (exact) mass is 293 g/mol. The molecule has 0 unspecified atom stereocenters. The van der Waals surface area contributed by atoms with E-state index in [9.17, 15) is 9.59 Å². The molecule has 0 spiro atoms. The smallest absolute Gasteiger partial charge is 0.407 e. The zero-order valence-electron chi connectivity index (χ0n) is 12.6. The molecule has 0 aromatic heterocycles. The third kappa shape index (κ3) is 8.68. The Morgan fingerprint density at radius 3 is 2.52 bits per heavy atom. The summed E-state index contributed by atoms with van der Waals surface area (Å²) in [7, 11) is 0. The summed E-state index contributed by atoms with van der Waals surface area (Å²) in [5, 5.41) is 2.78. The number of ether oxygens (including phenoxy) is 2. The third-order valence-corrected chi connectivity index (χ3v) is 2.91. The van der Waals surface area contributed by atoms with Gasteiger partial charge < -0.3 is 14.8 Å². The fraction of sp³-hybridized carbons (Fsp3) is 0.500. The second-order valence-electron chi connectivity index (χ2n) is 4.94. The van der Waals surface area contributed by atoms with Crippen molar-refractivity contribution in [2.45, 2.75) is 45.8 Å². The van der Waals surface area contributed by atoms with Crippen molar-refractivity contribution in [2.75, 3.05) is 6.61 Å². The van der Waals surface area contributed by atoms with Gasteiger partial charge in [0.1, 0.15) is 6.61 Å². The maximum Gasteiger partial charge on any atom is 0.407 e. The third-order valence-electron chi connectivity index (χ3n) is 2.91. The van der Waals surface area contributed by atoms with E-state index in [4.69, 9.17) is 9.47 Å². The van der Waals surface area contributed by atoms with Gasteiger partial charge in [0.05, 0.1) is 6.61 Å². The molecule has 1 aromatic carbocycles. The first-order chi connectivity index (χ1) is 10.1. The van der Waals surface area contributed by atoms with Gasteiger partial charge in [-0.3, -0.25) is 4.79 Å². The fourth-order valence-electron chi connectivity index (χ4n) is 1.81. The van der Waals surface area contributed by atoms with Crippen LogP contribution in [0.4, 0.5) is 4.79 Å². The van der Waals surface area contributed by atoms with Crippen LogP contribution in [-0.2, 0) is 20.9 Å². The van der Waals surface area contributed by atoms with Crippen molar-refractivity contribution in [3.8, 4) is 0 Å². The van der Waals surface area contributed by atoms with E-state index in [1.807, 2.05) is 37.3 Å². The summed E-state index contributed by atoms with van der Waals surface area (Å²) in [6, 6.07) is 9.58. The van der Waals surface area contributed by atoms with Gasteiger partial charge in [0.25, 0.3) is 0 Å². The Kier molecular flexibility index (Phi) is 7.94. The van der Waals surface area contributed by atoms with E-state index in [2.05, 4.69) is 5.32 Å². The van der Waals surface area contributed by atoms with Crippen LogP contribution in [0.3, 0.4) is 0 Å². The number of benzene rings is 1. The molecule has 1 rings (SSSR count). The first-order valence-corrected chi connectivity index (χ1v) is 7.18. The average Bonchev–Trinajstić information content (AvgIpc) is 2.45. The number of carbonyl (C=O) groups is 2. The molecule has 1 amide bonds. The fourth-order valence-corrected chi connectivity index (χ4v) is 1.81. The molecule has 5 heteroatoms. The quantitative estimate of drug-likeness (QED) is 0.591. The van der Waals surface area contributed by atoms with Crippen LogP contribution in [-0.4, -0.2) is 24.7 Å². The topological polar surface area (TPSA) is 64.6 Å². The standard InChI is InChI=1S/C16H23NO4/c1-13(8-6-7-11-20-14(2)18)17-16(19)21-12-15-9-4-3-5-10-15/h3-5,9-10,13H,6-8,11-12H2,1-2H3,(H,17,19)/t13-/m0/s1. The minimum absolute atomic E-state index is 0.0330. The van der Waals surface area contributed by atoms with Crippen molar-refractivity contribution < 1.29 is 19.1 Å². The number of carbonyl (C=O) groups excluding carboxylic acids is 2. The highest BCUT2D eigenvalue weighted by Gasteiger charge is 2.08. The van der Waals surface area contributed by atoms with Crippen LogP contribution in [0.2, 0.25) is 0 Å². The molecular formula is C16H23NO4. The zero-order chi connectivity index (χ0) is 15.5. The summed E-state index contributed by atoms with van der Waals surface area (Å²) in [5.74, 6) is -0.259. The molecule has 0 fully saturated rings. The lowest BCUT2D eigenvalue weighted by atomic mass is 10.1. The summed E-state index contributed by atoms with van der Waals surface area (Å²) in [6.07, 6.45) is 2.09. The number of esters is 1. The van der Waals surface area contributed by atoms with Crippen LogP contribution in [0.1, 0.15) is 38.7 Å². The van der Waals surface area contributed by atoms with Gasteiger partial charge in [-0.25, -0.2) is 4.79 Å². The second-order valence-corrected chi connectivity index (χ2v) is 4.94. The Labute approximate surface area is 125 Å². The maximum atomic E-state index is 11.6. The van der Waals surface area contributed by atoms with E-state index in [1.54, 1.807) is 0 Å². The Bertz CT molecular complexity index is 433. The molecule has 0 saturated heterocycles. The number of alkyl carbamates (subject to hydrolysis) is 1. The minimum Gasteiger partial charge on any atom is -0.466 e. The van der Waals surface area contributed by atoms with Crippen molar-refractivity contribution in [1.29, 1.82) is 0 Å². The van der Waals surface area contributed by atoms with Gasteiger partial charge in [0.15, 0.2) is 0 Å². The van der Waals surface area contributed by atoms with E-state index in [0.29, 0.717) is 6.61 Å². The lowest BCUT2D eigenvalue weighted by molar-refractivity contribution is -0.141. The molecule has 0 radical (unpaired) electrons. The van der Waals surface area contributed by atoms with Gasteiger partial charge in [-0.05, 0) is 31.7 Å². The van der Waals surface area contributed by atoms with E-state index in [1.165, 1.54) is 6.92 Å². The van der Waals surface area contributed by atoms with Crippen molar-refractivity contribution in [3.05, 3.63) is 35.9 Å². The molecule has 5 nitrogen and oxygen atoms in total. The second kappa shape index (κ2) is 9.80. The molecule has 0 heterocycles. The first kappa shape index (κ1) is 17.0. The van der Waals surface area contributed by atoms with Gasteiger partial charge in [-0.1, -0.05) is 30.3 Å².